The predicted molar refractivity (Wildman–Crippen MR) is 86.6 cm³/mol. The molecule has 0 N–H and O–H groups in total. The van der Waals surface area contributed by atoms with Crippen molar-refractivity contribution in [1.29, 1.82) is 0 Å². The van der Waals surface area contributed by atoms with E-state index in [9.17, 15) is 4.79 Å². The monoisotopic (exact) mass is 304 g/mol. The van der Waals surface area contributed by atoms with Crippen LogP contribution in [0.25, 0.3) is 11.3 Å². The second kappa shape index (κ2) is 6.80. The molecule has 0 aliphatic carbocycles. The number of benzene rings is 1. The number of hydrogen-bond donors (Lipinski definition) is 0. The summed E-state index contributed by atoms with van der Waals surface area (Å²) in [4.78, 5) is 18.7. The van der Waals surface area contributed by atoms with Crippen molar-refractivity contribution in [1.82, 2.24) is 9.88 Å². The van der Waals surface area contributed by atoms with Crippen LogP contribution in [0.1, 0.15) is 23.3 Å². The largest absolute Gasteiger partial charge is 0.440 e. The Hall–Kier alpha value is -1.75. The molecule has 1 heterocycles. The van der Waals surface area contributed by atoms with Crippen LogP contribution in [0.3, 0.4) is 0 Å². The third kappa shape index (κ3) is 3.47. The highest BCUT2D eigenvalue weighted by Crippen LogP contribution is 2.26. The topological polar surface area (TPSA) is 46.3 Å². The molecule has 112 valence electrons. The molecular formula is C16H20N2O2S. The molecule has 0 aliphatic rings. The van der Waals surface area contributed by atoms with Crippen molar-refractivity contribution in [2.24, 2.45) is 0 Å². The molecule has 5 heteroatoms. The van der Waals surface area contributed by atoms with Gasteiger partial charge in [0.1, 0.15) is 0 Å². The van der Waals surface area contributed by atoms with Crippen LogP contribution in [-0.2, 0) is 0 Å². The van der Waals surface area contributed by atoms with E-state index in [-0.39, 0.29) is 11.9 Å². The molecule has 0 saturated carbocycles. The highest BCUT2D eigenvalue weighted by molar-refractivity contribution is 7.98. The van der Waals surface area contributed by atoms with Crippen molar-refractivity contribution in [3.8, 4) is 11.3 Å². The molecule has 0 fully saturated rings. The van der Waals surface area contributed by atoms with Gasteiger partial charge in [0, 0.05) is 31.3 Å². The van der Waals surface area contributed by atoms with E-state index in [1.54, 1.807) is 23.6 Å². The molecule has 0 aliphatic heterocycles. The molecule has 2 rings (SSSR count). The molecule has 1 aromatic heterocycles. The lowest BCUT2D eigenvalue weighted by Crippen LogP contribution is -2.37. The van der Waals surface area contributed by atoms with Crippen molar-refractivity contribution in [3.05, 3.63) is 41.9 Å². The fourth-order valence-corrected chi connectivity index (χ4v) is 2.78. The minimum Gasteiger partial charge on any atom is -0.440 e. The van der Waals surface area contributed by atoms with Crippen LogP contribution < -0.4 is 0 Å². The lowest BCUT2D eigenvalue weighted by Gasteiger charge is -2.23. The average molecular weight is 304 g/mol. The van der Waals surface area contributed by atoms with Crippen molar-refractivity contribution in [2.45, 2.75) is 19.9 Å². The molecule has 1 aromatic carbocycles. The lowest BCUT2D eigenvalue weighted by atomic mass is 10.1. The Morgan fingerprint density at radius 2 is 2.05 bits per heavy atom. The van der Waals surface area contributed by atoms with Gasteiger partial charge in [0.25, 0.3) is 5.91 Å². The summed E-state index contributed by atoms with van der Waals surface area (Å²) in [6.45, 7) is 3.79. The number of amides is 1. The molecule has 0 spiro atoms. The van der Waals surface area contributed by atoms with E-state index in [0.29, 0.717) is 17.3 Å². The van der Waals surface area contributed by atoms with Gasteiger partial charge < -0.3 is 9.32 Å². The Bertz CT molecular complexity index is 610. The number of aryl methyl sites for hydroxylation is 1. The number of nitrogens with zero attached hydrogens (tertiary/aromatic N) is 2. The molecule has 0 radical (unpaired) electrons. The van der Waals surface area contributed by atoms with Crippen LogP contribution in [0.5, 0.6) is 0 Å². The van der Waals surface area contributed by atoms with E-state index in [0.717, 1.165) is 11.3 Å². The minimum absolute atomic E-state index is 0.104. The van der Waals surface area contributed by atoms with Crippen LogP contribution >= 0.6 is 11.8 Å². The first-order valence-electron chi connectivity index (χ1n) is 6.83. The maximum Gasteiger partial charge on any atom is 0.276 e. The zero-order chi connectivity index (χ0) is 15.4. The van der Waals surface area contributed by atoms with E-state index in [4.69, 9.17) is 4.42 Å². The maximum absolute atomic E-state index is 12.7. The van der Waals surface area contributed by atoms with Crippen molar-refractivity contribution < 1.29 is 9.21 Å². The highest BCUT2D eigenvalue weighted by atomic mass is 32.2. The number of oxazole rings is 1. The number of hydrogen-bond acceptors (Lipinski definition) is 4. The van der Waals surface area contributed by atoms with Crippen LogP contribution in [0, 0.1) is 6.92 Å². The summed E-state index contributed by atoms with van der Waals surface area (Å²) < 4.78 is 5.65. The summed E-state index contributed by atoms with van der Waals surface area (Å²) in [6, 6.07) is 9.75. The van der Waals surface area contributed by atoms with Crippen molar-refractivity contribution in [2.75, 3.05) is 19.1 Å². The van der Waals surface area contributed by atoms with Gasteiger partial charge in [-0.2, -0.15) is 11.8 Å². The van der Waals surface area contributed by atoms with Crippen molar-refractivity contribution in [3.63, 3.8) is 0 Å². The van der Waals surface area contributed by atoms with Gasteiger partial charge in [-0.25, -0.2) is 4.98 Å². The van der Waals surface area contributed by atoms with Gasteiger partial charge in [0.05, 0.1) is 0 Å². The van der Waals surface area contributed by atoms with Crippen molar-refractivity contribution >= 4 is 17.7 Å². The standard InChI is InChI=1S/C16H20N2O2S/c1-11(10-21-4)18(3)16(19)14-15(20-12(2)17-14)13-8-6-5-7-9-13/h5-9,11H,10H2,1-4H3. The summed E-state index contributed by atoms with van der Waals surface area (Å²) in [5.41, 5.74) is 1.25. The number of carbonyl (C=O) groups excluding carboxylic acids is 1. The van der Waals surface area contributed by atoms with Gasteiger partial charge in [0.2, 0.25) is 0 Å². The summed E-state index contributed by atoms with van der Waals surface area (Å²) in [6.07, 6.45) is 2.03. The molecule has 0 saturated heterocycles. The van der Waals surface area contributed by atoms with Gasteiger partial charge in [-0.3, -0.25) is 4.79 Å². The Labute approximate surface area is 129 Å². The fraction of sp³-hybridized carbons (Fsp3) is 0.375. The molecule has 2 aromatic rings. The van der Waals surface area contributed by atoms with Crippen LogP contribution in [-0.4, -0.2) is 40.9 Å². The molecule has 1 unspecified atom stereocenters. The minimum atomic E-state index is -0.104. The summed E-state index contributed by atoms with van der Waals surface area (Å²) in [7, 11) is 1.81. The quantitative estimate of drug-likeness (QED) is 0.848. The van der Waals surface area contributed by atoms with Gasteiger partial charge in [0.15, 0.2) is 17.3 Å². The number of rotatable bonds is 5. The third-order valence-corrected chi connectivity index (χ3v) is 4.18. The smallest absolute Gasteiger partial charge is 0.276 e. The third-order valence-electron chi connectivity index (χ3n) is 3.36. The second-order valence-electron chi connectivity index (χ2n) is 5.00. The van der Waals surface area contributed by atoms with Crippen LogP contribution in [0.2, 0.25) is 0 Å². The first-order valence-corrected chi connectivity index (χ1v) is 8.23. The Morgan fingerprint density at radius 3 is 2.67 bits per heavy atom. The predicted octanol–water partition coefficient (Wildman–Crippen LogP) is 3.47. The van der Waals surface area contributed by atoms with Gasteiger partial charge in [-0.1, -0.05) is 30.3 Å². The molecule has 4 nitrogen and oxygen atoms in total. The first-order chi connectivity index (χ1) is 10.0. The van der Waals surface area contributed by atoms with E-state index in [2.05, 4.69) is 4.98 Å². The van der Waals surface area contributed by atoms with Crippen LogP contribution in [0.15, 0.2) is 34.7 Å². The number of carbonyl (C=O) groups is 1. The Balaban J connectivity index is 2.34. The molecule has 1 atom stereocenters. The Morgan fingerprint density at radius 1 is 1.38 bits per heavy atom. The van der Waals surface area contributed by atoms with E-state index >= 15 is 0 Å². The molecular weight excluding hydrogens is 284 g/mol. The Kier molecular flexibility index (Phi) is 5.07. The zero-order valence-electron chi connectivity index (χ0n) is 12.8. The molecule has 1 amide bonds. The SMILES string of the molecule is CSCC(C)N(C)C(=O)c1nc(C)oc1-c1ccccc1. The zero-order valence-corrected chi connectivity index (χ0v) is 13.6. The van der Waals surface area contributed by atoms with E-state index < -0.39 is 0 Å². The van der Waals surface area contributed by atoms with Gasteiger partial charge in [-0.15, -0.1) is 0 Å². The maximum atomic E-state index is 12.7. The van der Waals surface area contributed by atoms with Crippen LogP contribution in [0.4, 0.5) is 0 Å². The van der Waals surface area contributed by atoms with E-state index in [1.165, 1.54) is 0 Å². The average Bonchev–Trinajstić information content (AvgIpc) is 2.89. The second-order valence-corrected chi connectivity index (χ2v) is 5.91. The highest BCUT2D eigenvalue weighted by Gasteiger charge is 2.25. The molecule has 0 bridgehead atoms. The summed E-state index contributed by atoms with van der Waals surface area (Å²) >= 11 is 1.72. The summed E-state index contributed by atoms with van der Waals surface area (Å²) in [5.74, 6) is 1.83. The van der Waals surface area contributed by atoms with Gasteiger partial charge in [-0.05, 0) is 13.2 Å². The normalized spacial score (nSPS) is 12.2. The van der Waals surface area contributed by atoms with E-state index in [1.807, 2.05) is 50.6 Å². The first kappa shape index (κ1) is 15.6. The number of aromatic nitrogens is 1. The lowest BCUT2D eigenvalue weighted by molar-refractivity contribution is 0.0752. The fourth-order valence-electron chi connectivity index (χ4n) is 2.08. The molecule has 21 heavy (non-hydrogen) atoms. The van der Waals surface area contributed by atoms with Gasteiger partial charge >= 0.3 is 0 Å². The summed E-state index contributed by atoms with van der Waals surface area (Å²) in [5, 5.41) is 0. The number of thioether (sulfide) groups is 1.